The molecule has 3 N–H and O–H groups in total. The Hall–Kier alpha value is -1.51. The number of rotatable bonds is 3. The Morgan fingerprint density at radius 2 is 1.93 bits per heavy atom. The zero-order valence-electron chi connectivity index (χ0n) is 7.81. The zero-order valence-corrected chi connectivity index (χ0v) is 7.81. The average molecular weight is 191 g/mol. The quantitative estimate of drug-likeness (QED) is 0.716. The highest BCUT2D eigenvalue weighted by atomic mass is 16.4. The molecule has 0 radical (unpaired) electrons. The van der Waals surface area contributed by atoms with Gasteiger partial charge in [-0.25, -0.2) is 0 Å². The molecule has 0 aliphatic heterocycles. The third-order valence-electron chi connectivity index (χ3n) is 2.66. The van der Waals surface area contributed by atoms with Gasteiger partial charge in [0.25, 0.3) is 0 Å². The number of aliphatic carboxylic acids is 1. The van der Waals surface area contributed by atoms with E-state index in [-0.39, 0.29) is 5.92 Å². The molecule has 0 spiro atoms. The predicted octanol–water partition coefficient (Wildman–Crippen LogP) is 1.85. The smallest absolute Gasteiger partial charge is 0.311 e. The van der Waals surface area contributed by atoms with Crippen LogP contribution in [0.4, 0.5) is 5.69 Å². The summed E-state index contributed by atoms with van der Waals surface area (Å²) in [6.07, 6.45) is 2.06. The maximum atomic E-state index is 11.0. The normalized spacial score (nSPS) is 17.7. The molecule has 1 aromatic carbocycles. The first-order valence-electron chi connectivity index (χ1n) is 4.76. The monoisotopic (exact) mass is 191 g/mol. The maximum absolute atomic E-state index is 11.0. The van der Waals surface area contributed by atoms with Crippen LogP contribution in [0.15, 0.2) is 24.3 Å². The highest BCUT2D eigenvalue weighted by Gasteiger charge is 2.37. The van der Waals surface area contributed by atoms with Crippen molar-refractivity contribution in [1.82, 2.24) is 0 Å². The van der Waals surface area contributed by atoms with E-state index in [1.54, 1.807) is 12.1 Å². The molecule has 1 aliphatic rings. The summed E-state index contributed by atoms with van der Waals surface area (Å²) >= 11 is 0. The number of hydrogen-bond acceptors (Lipinski definition) is 2. The van der Waals surface area contributed by atoms with E-state index in [2.05, 4.69) is 0 Å². The van der Waals surface area contributed by atoms with E-state index in [4.69, 9.17) is 10.8 Å². The summed E-state index contributed by atoms with van der Waals surface area (Å²) in [7, 11) is 0. The Labute approximate surface area is 82.5 Å². The Morgan fingerprint density at radius 1 is 1.36 bits per heavy atom. The lowest BCUT2D eigenvalue weighted by molar-refractivity contribution is -0.139. The summed E-state index contributed by atoms with van der Waals surface area (Å²) in [6, 6.07) is 7.14. The molecule has 1 aliphatic carbocycles. The highest BCUT2D eigenvalue weighted by Crippen LogP contribution is 2.42. The van der Waals surface area contributed by atoms with Gasteiger partial charge in [-0.05, 0) is 36.5 Å². The van der Waals surface area contributed by atoms with E-state index >= 15 is 0 Å². The minimum absolute atomic E-state index is 0.330. The molecule has 1 saturated carbocycles. The fourth-order valence-electron chi connectivity index (χ4n) is 1.75. The minimum Gasteiger partial charge on any atom is -0.481 e. The average Bonchev–Trinajstić information content (AvgIpc) is 2.92. The van der Waals surface area contributed by atoms with Crippen LogP contribution in [0.2, 0.25) is 0 Å². The summed E-state index contributed by atoms with van der Waals surface area (Å²) in [5.74, 6) is -0.732. The first kappa shape index (κ1) is 9.06. The largest absolute Gasteiger partial charge is 0.481 e. The molecule has 74 valence electrons. The van der Waals surface area contributed by atoms with Crippen LogP contribution in [0.1, 0.15) is 24.3 Å². The lowest BCUT2D eigenvalue weighted by atomic mass is 9.94. The van der Waals surface area contributed by atoms with Crippen molar-refractivity contribution in [3.05, 3.63) is 29.8 Å². The Kier molecular flexibility index (Phi) is 2.15. The SMILES string of the molecule is Nc1ccc(C(C(=O)O)C2CC2)cc1. The summed E-state index contributed by atoms with van der Waals surface area (Å²) in [6.45, 7) is 0. The van der Waals surface area contributed by atoms with Crippen molar-refractivity contribution in [2.45, 2.75) is 18.8 Å². The first-order valence-corrected chi connectivity index (χ1v) is 4.76. The second-order valence-electron chi connectivity index (χ2n) is 3.82. The van der Waals surface area contributed by atoms with Gasteiger partial charge in [0.15, 0.2) is 0 Å². The standard InChI is InChI=1S/C11H13NO2/c12-9-5-3-8(4-6-9)10(11(13)14)7-1-2-7/h3-7,10H,1-2,12H2,(H,13,14). The summed E-state index contributed by atoms with van der Waals surface area (Å²) in [5, 5.41) is 9.08. The third kappa shape index (κ3) is 1.71. The van der Waals surface area contributed by atoms with Gasteiger partial charge in [-0.1, -0.05) is 12.1 Å². The molecule has 3 nitrogen and oxygen atoms in total. The van der Waals surface area contributed by atoms with Crippen molar-refractivity contribution >= 4 is 11.7 Å². The fraction of sp³-hybridized carbons (Fsp3) is 0.364. The molecule has 1 atom stereocenters. The van der Waals surface area contributed by atoms with Gasteiger partial charge < -0.3 is 10.8 Å². The molecule has 0 heterocycles. The van der Waals surface area contributed by atoms with E-state index in [9.17, 15) is 4.79 Å². The third-order valence-corrected chi connectivity index (χ3v) is 2.66. The van der Waals surface area contributed by atoms with Crippen LogP contribution in [0.25, 0.3) is 0 Å². The second-order valence-corrected chi connectivity index (χ2v) is 3.82. The van der Waals surface area contributed by atoms with Crippen molar-refractivity contribution in [3.63, 3.8) is 0 Å². The van der Waals surface area contributed by atoms with Crippen molar-refractivity contribution in [2.24, 2.45) is 5.92 Å². The number of benzene rings is 1. The van der Waals surface area contributed by atoms with Crippen LogP contribution in [0, 0.1) is 5.92 Å². The molecule has 3 heteroatoms. The van der Waals surface area contributed by atoms with Crippen molar-refractivity contribution < 1.29 is 9.90 Å². The molecule has 0 amide bonds. The highest BCUT2D eigenvalue weighted by molar-refractivity contribution is 5.77. The topological polar surface area (TPSA) is 63.3 Å². The number of carbonyl (C=O) groups is 1. The Bertz CT molecular complexity index is 341. The van der Waals surface area contributed by atoms with Crippen LogP contribution in [-0.2, 0) is 4.79 Å². The summed E-state index contributed by atoms with van der Waals surface area (Å²) < 4.78 is 0. The summed E-state index contributed by atoms with van der Waals surface area (Å²) in [4.78, 5) is 11.0. The summed E-state index contributed by atoms with van der Waals surface area (Å²) in [5.41, 5.74) is 7.09. The van der Waals surface area contributed by atoms with Crippen LogP contribution in [0.5, 0.6) is 0 Å². The number of nitrogen functional groups attached to an aromatic ring is 1. The number of hydrogen-bond donors (Lipinski definition) is 2. The molecular weight excluding hydrogens is 178 g/mol. The molecule has 0 bridgehead atoms. The van der Waals surface area contributed by atoms with Crippen LogP contribution in [0.3, 0.4) is 0 Å². The van der Waals surface area contributed by atoms with Crippen LogP contribution >= 0.6 is 0 Å². The lowest BCUT2D eigenvalue weighted by Crippen LogP contribution is -2.13. The van der Waals surface area contributed by atoms with E-state index in [0.29, 0.717) is 11.6 Å². The van der Waals surface area contributed by atoms with Gasteiger partial charge in [0.1, 0.15) is 0 Å². The second kappa shape index (κ2) is 3.33. The number of nitrogens with two attached hydrogens (primary N) is 1. The maximum Gasteiger partial charge on any atom is 0.311 e. The fourth-order valence-corrected chi connectivity index (χ4v) is 1.75. The van der Waals surface area contributed by atoms with Crippen LogP contribution < -0.4 is 5.73 Å². The Balaban J connectivity index is 2.26. The molecular formula is C11H13NO2. The number of carboxylic acids is 1. The van der Waals surface area contributed by atoms with Gasteiger partial charge in [0, 0.05) is 5.69 Å². The van der Waals surface area contributed by atoms with Crippen molar-refractivity contribution in [1.29, 1.82) is 0 Å². The molecule has 0 aromatic heterocycles. The lowest BCUT2D eigenvalue weighted by Gasteiger charge is -2.11. The molecule has 14 heavy (non-hydrogen) atoms. The number of carboxylic acid groups (broad SMARTS) is 1. The van der Waals surface area contributed by atoms with E-state index < -0.39 is 5.97 Å². The van der Waals surface area contributed by atoms with Gasteiger partial charge >= 0.3 is 5.97 Å². The van der Waals surface area contributed by atoms with E-state index in [1.807, 2.05) is 12.1 Å². The zero-order chi connectivity index (χ0) is 10.1. The molecule has 0 saturated heterocycles. The molecule has 2 rings (SSSR count). The molecule has 1 fully saturated rings. The van der Waals surface area contributed by atoms with Crippen LogP contribution in [-0.4, -0.2) is 11.1 Å². The van der Waals surface area contributed by atoms with Gasteiger partial charge in [-0.3, -0.25) is 4.79 Å². The van der Waals surface area contributed by atoms with Gasteiger partial charge in [0.05, 0.1) is 5.92 Å². The molecule has 1 aromatic rings. The van der Waals surface area contributed by atoms with Gasteiger partial charge in [0.2, 0.25) is 0 Å². The van der Waals surface area contributed by atoms with Gasteiger partial charge in [-0.15, -0.1) is 0 Å². The molecule has 1 unspecified atom stereocenters. The Morgan fingerprint density at radius 3 is 2.36 bits per heavy atom. The van der Waals surface area contributed by atoms with Gasteiger partial charge in [-0.2, -0.15) is 0 Å². The predicted molar refractivity (Wildman–Crippen MR) is 54.0 cm³/mol. The van der Waals surface area contributed by atoms with E-state index in [1.165, 1.54) is 0 Å². The first-order chi connectivity index (χ1) is 6.68. The number of anilines is 1. The minimum atomic E-state index is -0.725. The van der Waals surface area contributed by atoms with Crippen molar-refractivity contribution in [3.8, 4) is 0 Å². The van der Waals surface area contributed by atoms with E-state index in [0.717, 1.165) is 18.4 Å². The van der Waals surface area contributed by atoms with Crippen molar-refractivity contribution in [2.75, 3.05) is 5.73 Å².